The second kappa shape index (κ2) is 9.61. The van der Waals surface area contributed by atoms with Gasteiger partial charge in [-0.3, -0.25) is 4.79 Å². The SMILES string of the molecule is O=C(O)C(F)(F)F.O=C(O)NCC1CCN(C(=O)c2ccc3cc(Cl)ccc3n2)C1. The molecule has 1 unspecified atom stereocenters. The molecule has 1 fully saturated rings. The lowest BCUT2D eigenvalue weighted by molar-refractivity contribution is -0.192. The largest absolute Gasteiger partial charge is 0.490 e. The van der Waals surface area contributed by atoms with Crippen molar-refractivity contribution in [1.82, 2.24) is 15.2 Å². The monoisotopic (exact) mass is 447 g/mol. The number of aliphatic carboxylic acids is 1. The molecule has 3 N–H and O–H groups in total. The van der Waals surface area contributed by atoms with E-state index in [9.17, 15) is 22.8 Å². The number of fused-ring (bicyclic) bond motifs is 1. The Bertz CT molecular complexity index is 954. The Morgan fingerprint density at radius 3 is 2.47 bits per heavy atom. The molecule has 1 aromatic heterocycles. The van der Waals surface area contributed by atoms with E-state index in [0.29, 0.717) is 30.4 Å². The molecule has 1 aromatic carbocycles. The van der Waals surface area contributed by atoms with Crippen LogP contribution >= 0.6 is 11.6 Å². The lowest BCUT2D eigenvalue weighted by Gasteiger charge is -2.16. The van der Waals surface area contributed by atoms with E-state index in [1.807, 2.05) is 12.1 Å². The number of aromatic nitrogens is 1. The van der Waals surface area contributed by atoms with E-state index in [1.54, 1.807) is 23.1 Å². The molecule has 1 aliphatic heterocycles. The molecule has 1 atom stereocenters. The number of halogens is 4. The molecule has 3 rings (SSSR count). The number of carboxylic acid groups (broad SMARTS) is 2. The van der Waals surface area contributed by atoms with Crippen LogP contribution in [0.3, 0.4) is 0 Å². The molecule has 0 radical (unpaired) electrons. The third-order valence-electron chi connectivity index (χ3n) is 4.23. The van der Waals surface area contributed by atoms with Gasteiger partial charge in [0.2, 0.25) is 0 Å². The molecule has 0 aliphatic carbocycles. The Hall–Kier alpha value is -3.08. The third kappa shape index (κ3) is 6.48. The normalized spacial score (nSPS) is 16.0. The maximum absolute atomic E-state index is 12.5. The topological polar surface area (TPSA) is 120 Å². The van der Waals surface area contributed by atoms with Crippen molar-refractivity contribution in [1.29, 1.82) is 0 Å². The minimum atomic E-state index is -5.08. The first-order valence-electron chi connectivity index (χ1n) is 8.60. The van der Waals surface area contributed by atoms with Gasteiger partial charge >= 0.3 is 18.2 Å². The van der Waals surface area contributed by atoms with Crippen molar-refractivity contribution in [2.45, 2.75) is 12.6 Å². The highest BCUT2D eigenvalue weighted by atomic mass is 35.5. The molecule has 2 heterocycles. The van der Waals surface area contributed by atoms with Crippen LogP contribution in [0.2, 0.25) is 5.02 Å². The average Bonchev–Trinajstić information content (AvgIpc) is 3.14. The van der Waals surface area contributed by atoms with Gasteiger partial charge in [0.1, 0.15) is 5.69 Å². The van der Waals surface area contributed by atoms with Crippen molar-refractivity contribution in [3.63, 3.8) is 0 Å². The average molecular weight is 448 g/mol. The summed E-state index contributed by atoms with van der Waals surface area (Å²) in [5, 5.41) is 19.6. The Morgan fingerprint density at radius 2 is 1.87 bits per heavy atom. The number of nitrogens with zero attached hydrogens (tertiary/aromatic N) is 2. The van der Waals surface area contributed by atoms with Gasteiger partial charge in [0.05, 0.1) is 5.52 Å². The quantitative estimate of drug-likeness (QED) is 0.664. The molecule has 2 amide bonds. The predicted octanol–water partition coefficient (Wildman–Crippen LogP) is 3.25. The molecule has 0 spiro atoms. The summed E-state index contributed by atoms with van der Waals surface area (Å²) in [6.07, 6.45) is -5.33. The van der Waals surface area contributed by atoms with E-state index >= 15 is 0 Å². The molecule has 162 valence electrons. The van der Waals surface area contributed by atoms with E-state index in [1.165, 1.54) is 0 Å². The fraction of sp³-hybridized carbons (Fsp3) is 0.333. The van der Waals surface area contributed by atoms with Gasteiger partial charge in [-0.1, -0.05) is 17.7 Å². The zero-order valence-corrected chi connectivity index (χ0v) is 16.1. The highest BCUT2D eigenvalue weighted by Gasteiger charge is 2.38. The van der Waals surface area contributed by atoms with E-state index in [2.05, 4.69) is 10.3 Å². The van der Waals surface area contributed by atoms with Crippen molar-refractivity contribution >= 4 is 40.5 Å². The minimum Gasteiger partial charge on any atom is -0.475 e. The molecule has 30 heavy (non-hydrogen) atoms. The van der Waals surface area contributed by atoms with Gasteiger partial charge in [-0.25, -0.2) is 14.6 Å². The van der Waals surface area contributed by atoms with Gasteiger partial charge < -0.3 is 20.4 Å². The fourth-order valence-electron chi connectivity index (χ4n) is 2.79. The number of pyridine rings is 1. The second-order valence-corrected chi connectivity index (χ2v) is 6.86. The Balaban J connectivity index is 0.000000396. The van der Waals surface area contributed by atoms with E-state index < -0.39 is 18.2 Å². The number of benzene rings is 1. The van der Waals surface area contributed by atoms with Gasteiger partial charge in [-0.2, -0.15) is 13.2 Å². The molecule has 1 saturated heterocycles. The Morgan fingerprint density at radius 1 is 1.20 bits per heavy atom. The molecule has 12 heteroatoms. The number of rotatable bonds is 3. The van der Waals surface area contributed by atoms with Crippen molar-refractivity contribution in [2.24, 2.45) is 5.92 Å². The van der Waals surface area contributed by atoms with Crippen molar-refractivity contribution in [3.8, 4) is 0 Å². The number of nitrogens with one attached hydrogen (secondary N) is 1. The molecule has 0 bridgehead atoms. The molecule has 8 nitrogen and oxygen atoms in total. The zero-order valence-electron chi connectivity index (χ0n) is 15.3. The maximum Gasteiger partial charge on any atom is 0.490 e. The van der Waals surface area contributed by atoms with Crippen LogP contribution < -0.4 is 5.32 Å². The molecular formula is C18H17ClF3N3O5. The van der Waals surface area contributed by atoms with Crippen molar-refractivity contribution in [2.75, 3.05) is 19.6 Å². The number of carbonyl (C=O) groups excluding carboxylic acids is 1. The first-order valence-corrected chi connectivity index (χ1v) is 8.97. The standard InChI is InChI=1S/C16H16ClN3O3.C2HF3O2/c17-12-2-4-13-11(7-12)1-3-14(19-13)15(21)20-6-5-10(9-20)8-18-16(22)23;3-2(4,5)1(6)7/h1-4,7,10,18H,5-6,8-9H2,(H,22,23);(H,6,7). The summed E-state index contributed by atoms with van der Waals surface area (Å²) in [5.74, 6) is -2.73. The summed E-state index contributed by atoms with van der Waals surface area (Å²) < 4.78 is 31.7. The van der Waals surface area contributed by atoms with Gasteiger partial charge in [-0.15, -0.1) is 0 Å². The Kier molecular flexibility index (Phi) is 7.43. The zero-order chi connectivity index (χ0) is 22.5. The van der Waals surface area contributed by atoms with Gasteiger partial charge in [0.25, 0.3) is 5.91 Å². The third-order valence-corrected chi connectivity index (χ3v) is 4.46. The molecule has 2 aromatic rings. The van der Waals surface area contributed by atoms with Crippen LogP contribution in [0.4, 0.5) is 18.0 Å². The summed E-state index contributed by atoms with van der Waals surface area (Å²) in [6.45, 7) is 1.52. The van der Waals surface area contributed by atoms with Crippen LogP contribution in [-0.4, -0.2) is 63.9 Å². The van der Waals surface area contributed by atoms with Gasteiger partial charge in [0.15, 0.2) is 0 Å². The lowest BCUT2D eigenvalue weighted by Crippen LogP contribution is -2.32. The number of hydrogen-bond donors (Lipinski definition) is 3. The summed E-state index contributed by atoms with van der Waals surface area (Å²) in [7, 11) is 0. The summed E-state index contributed by atoms with van der Waals surface area (Å²) in [4.78, 5) is 38.1. The fourth-order valence-corrected chi connectivity index (χ4v) is 2.97. The Labute approximate surface area is 173 Å². The maximum atomic E-state index is 12.5. The van der Waals surface area contributed by atoms with E-state index in [0.717, 1.165) is 17.3 Å². The first kappa shape index (κ1) is 23.2. The minimum absolute atomic E-state index is 0.125. The highest BCUT2D eigenvalue weighted by molar-refractivity contribution is 6.31. The van der Waals surface area contributed by atoms with Crippen LogP contribution in [0.25, 0.3) is 10.9 Å². The van der Waals surface area contributed by atoms with Crippen LogP contribution in [0, 0.1) is 5.92 Å². The van der Waals surface area contributed by atoms with E-state index in [4.69, 9.17) is 26.6 Å². The number of likely N-dealkylation sites (tertiary alicyclic amines) is 1. The molecule has 1 aliphatic rings. The highest BCUT2D eigenvalue weighted by Crippen LogP contribution is 2.21. The number of alkyl halides is 3. The summed E-state index contributed by atoms with van der Waals surface area (Å²) in [6, 6.07) is 8.87. The summed E-state index contributed by atoms with van der Waals surface area (Å²) >= 11 is 5.94. The van der Waals surface area contributed by atoms with Crippen molar-refractivity contribution in [3.05, 3.63) is 41.0 Å². The van der Waals surface area contributed by atoms with Crippen LogP contribution in [0.1, 0.15) is 16.9 Å². The van der Waals surface area contributed by atoms with Crippen LogP contribution in [0.5, 0.6) is 0 Å². The van der Waals surface area contributed by atoms with E-state index in [-0.39, 0.29) is 11.8 Å². The van der Waals surface area contributed by atoms with Gasteiger partial charge in [0, 0.05) is 30.0 Å². The van der Waals surface area contributed by atoms with Crippen molar-refractivity contribution < 1.29 is 37.8 Å². The van der Waals surface area contributed by atoms with Crippen LogP contribution in [0.15, 0.2) is 30.3 Å². The molecular weight excluding hydrogens is 431 g/mol. The number of amides is 2. The number of carbonyl (C=O) groups is 3. The summed E-state index contributed by atoms with van der Waals surface area (Å²) in [5.41, 5.74) is 1.12. The lowest BCUT2D eigenvalue weighted by atomic mass is 10.1. The predicted molar refractivity (Wildman–Crippen MR) is 100 cm³/mol. The second-order valence-electron chi connectivity index (χ2n) is 6.43. The molecule has 0 saturated carbocycles. The van der Waals surface area contributed by atoms with Gasteiger partial charge in [-0.05, 0) is 36.6 Å². The number of carboxylic acids is 1. The first-order chi connectivity index (χ1) is 14.0. The van der Waals surface area contributed by atoms with Crippen LogP contribution in [-0.2, 0) is 4.79 Å². The number of hydrogen-bond acceptors (Lipinski definition) is 4. The smallest absolute Gasteiger partial charge is 0.475 e.